The van der Waals surface area contributed by atoms with E-state index in [0.29, 0.717) is 5.56 Å². The quantitative estimate of drug-likeness (QED) is 0.869. The fourth-order valence-electron chi connectivity index (χ4n) is 1.11. The lowest BCUT2D eigenvalue weighted by atomic mass is 10.1. The summed E-state index contributed by atoms with van der Waals surface area (Å²) < 4.78 is 41.2. The van der Waals surface area contributed by atoms with Crippen LogP contribution in [0.2, 0.25) is 0 Å². The molecule has 0 fully saturated rings. The van der Waals surface area contributed by atoms with Gasteiger partial charge in [-0.05, 0) is 17.7 Å². The number of benzene rings is 1. The summed E-state index contributed by atoms with van der Waals surface area (Å²) >= 11 is 3.00. The maximum absolute atomic E-state index is 13.3. The highest BCUT2D eigenvalue weighted by Crippen LogP contribution is 2.26. The van der Waals surface area contributed by atoms with E-state index in [4.69, 9.17) is 5.11 Å². The zero-order valence-electron chi connectivity index (χ0n) is 7.71. The van der Waals surface area contributed by atoms with Crippen molar-refractivity contribution >= 4 is 21.9 Å². The molecule has 0 heterocycles. The van der Waals surface area contributed by atoms with Crippen LogP contribution < -0.4 is 4.74 Å². The van der Waals surface area contributed by atoms with Crippen LogP contribution in [-0.4, -0.2) is 17.7 Å². The van der Waals surface area contributed by atoms with E-state index in [-0.39, 0.29) is 5.33 Å². The summed E-state index contributed by atoms with van der Waals surface area (Å²) in [5.41, 5.74) is -0.594. The van der Waals surface area contributed by atoms with Crippen molar-refractivity contribution in [3.8, 4) is 5.75 Å². The Labute approximate surface area is 97.0 Å². The minimum absolute atomic E-state index is 0.198. The molecule has 0 unspecified atom stereocenters. The van der Waals surface area contributed by atoms with Crippen molar-refractivity contribution in [2.45, 2.75) is 11.9 Å². The van der Waals surface area contributed by atoms with E-state index in [1.807, 2.05) is 0 Å². The van der Waals surface area contributed by atoms with E-state index >= 15 is 0 Å². The first-order chi connectivity index (χ1) is 7.45. The van der Waals surface area contributed by atoms with Crippen molar-refractivity contribution in [2.75, 3.05) is 0 Å². The minimum atomic E-state index is -3.21. The molecule has 1 aromatic rings. The van der Waals surface area contributed by atoms with Gasteiger partial charge in [0, 0.05) is 5.33 Å². The van der Waals surface area contributed by atoms with Crippen LogP contribution in [0.25, 0.3) is 0 Å². The zero-order chi connectivity index (χ0) is 12.3. The first-order valence-corrected chi connectivity index (χ1v) is 5.14. The molecule has 0 spiro atoms. The van der Waals surface area contributed by atoms with Crippen LogP contribution in [0.3, 0.4) is 0 Å². The molecule has 0 saturated heterocycles. The summed E-state index contributed by atoms with van der Waals surface area (Å²) in [6, 6.07) is 1.99. The van der Waals surface area contributed by atoms with Crippen molar-refractivity contribution in [3.63, 3.8) is 0 Å². The summed E-state index contributed by atoms with van der Waals surface area (Å²) in [4.78, 5) is 10.6. The van der Waals surface area contributed by atoms with Gasteiger partial charge in [0.2, 0.25) is 0 Å². The highest BCUT2D eigenvalue weighted by molar-refractivity contribution is 9.08. The van der Waals surface area contributed by atoms with Gasteiger partial charge in [-0.25, -0.2) is 9.18 Å². The van der Waals surface area contributed by atoms with Crippen LogP contribution in [0.5, 0.6) is 5.75 Å². The molecular weight excluding hydrogens is 293 g/mol. The van der Waals surface area contributed by atoms with E-state index < -0.39 is 29.7 Å². The number of aromatic carboxylic acids is 1. The van der Waals surface area contributed by atoms with Crippen molar-refractivity contribution in [1.82, 2.24) is 0 Å². The third kappa shape index (κ3) is 2.88. The molecular formula is C9H6BrF3O3. The Hall–Kier alpha value is -1.24. The Morgan fingerprint density at radius 1 is 1.50 bits per heavy atom. The average Bonchev–Trinajstić information content (AvgIpc) is 2.14. The van der Waals surface area contributed by atoms with Crippen molar-refractivity contribution in [1.29, 1.82) is 0 Å². The standard InChI is InChI=1S/C9H6BrF3O3/c10-3-4-1-5(11)7(8(14)15)6(2-4)16-9(12)13/h1-2,9H,3H2,(H,14,15). The molecule has 3 nitrogen and oxygen atoms in total. The number of ether oxygens (including phenoxy) is 1. The van der Waals surface area contributed by atoms with Crippen molar-refractivity contribution in [3.05, 3.63) is 29.1 Å². The molecule has 0 bridgehead atoms. The van der Waals surface area contributed by atoms with E-state index in [2.05, 4.69) is 20.7 Å². The first kappa shape index (κ1) is 12.8. The fraction of sp³-hybridized carbons (Fsp3) is 0.222. The molecule has 0 aliphatic heterocycles. The maximum atomic E-state index is 13.3. The van der Waals surface area contributed by atoms with Gasteiger partial charge in [-0.3, -0.25) is 0 Å². The molecule has 1 aromatic carbocycles. The van der Waals surface area contributed by atoms with Gasteiger partial charge in [-0.1, -0.05) is 15.9 Å². The number of carboxylic acid groups (broad SMARTS) is 1. The normalized spacial score (nSPS) is 10.6. The van der Waals surface area contributed by atoms with E-state index in [9.17, 15) is 18.0 Å². The second-order valence-corrected chi connectivity index (χ2v) is 3.33. The maximum Gasteiger partial charge on any atom is 0.387 e. The predicted octanol–water partition coefficient (Wildman–Crippen LogP) is 3.02. The first-order valence-electron chi connectivity index (χ1n) is 4.02. The summed E-state index contributed by atoms with van der Waals surface area (Å²) in [5.74, 6) is -3.45. The number of rotatable bonds is 4. The van der Waals surface area contributed by atoms with Crippen LogP contribution in [-0.2, 0) is 5.33 Å². The average molecular weight is 299 g/mol. The second-order valence-electron chi connectivity index (χ2n) is 2.77. The highest BCUT2D eigenvalue weighted by atomic mass is 79.9. The van der Waals surface area contributed by atoms with Gasteiger partial charge >= 0.3 is 12.6 Å². The van der Waals surface area contributed by atoms with Gasteiger partial charge in [-0.15, -0.1) is 0 Å². The molecule has 88 valence electrons. The number of hydrogen-bond donors (Lipinski definition) is 1. The Kier molecular flexibility index (Phi) is 4.17. The van der Waals surface area contributed by atoms with Crippen molar-refractivity contribution < 1.29 is 27.8 Å². The number of alkyl halides is 3. The third-order valence-electron chi connectivity index (χ3n) is 1.70. The summed E-state index contributed by atoms with van der Waals surface area (Å²) in [6.45, 7) is -3.21. The van der Waals surface area contributed by atoms with Gasteiger partial charge in [0.25, 0.3) is 0 Å². The number of hydrogen-bond acceptors (Lipinski definition) is 2. The smallest absolute Gasteiger partial charge is 0.387 e. The van der Waals surface area contributed by atoms with Crippen LogP contribution in [0.15, 0.2) is 12.1 Å². The molecule has 7 heteroatoms. The molecule has 0 aromatic heterocycles. The van der Waals surface area contributed by atoms with Gasteiger partial charge in [0.1, 0.15) is 17.1 Å². The number of carboxylic acids is 1. The molecule has 0 atom stereocenters. The predicted molar refractivity (Wildman–Crippen MR) is 52.6 cm³/mol. The SMILES string of the molecule is O=C(O)c1c(F)cc(CBr)cc1OC(F)F. The van der Waals surface area contributed by atoms with E-state index in [1.54, 1.807) is 0 Å². The van der Waals surface area contributed by atoms with Gasteiger partial charge in [0.15, 0.2) is 0 Å². The van der Waals surface area contributed by atoms with Crippen LogP contribution in [0.1, 0.15) is 15.9 Å². The topological polar surface area (TPSA) is 46.5 Å². The summed E-state index contributed by atoms with van der Waals surface area (Å²) in [6.07, 6.45) is 0. The molecule has 0 aliphatic rings. The monoisotopic (exact) mass is 298 g/mol. The zero-order valence-corrected chi connectivity index (χ0v) is 9.30. The van der Waals surface area contributed by atoms with Crippen LogP contribution in [0, 0.1) is 5.82 Å². The Bertz CT molecular complexity index is 409. The van der Waals surface area contributed by atoms with Gasteiger partial charge < -0.3 is 9.84 Å². The lowest BCUT2D eigenvalue weighted by molar-refractivity contribution is -0.0505. The highest BCUT2D eigenvalue weighted by Gasteiger charge is 2.20. The summed E-state index contributed by atoms with van der Waals surface area (Å²) in [5, 5.41) is 8.84. The Morgan fingerprint density at radius 2 is 2.12 bits per heavy atom. The third-order valence-corrected chi connectivity index (χ3v) is 2.35. The molecule has 1 N–H and O–H groups in total. The number of halogens is 4. The van der Waals surface area contributed by atoms with Crippen molar-refractivity contribution in [2.24, 2.45) is 0 Å². The molecule has 0 saturated carbocycles. The largest absolute Gasteiger partial charge is 0.477 e. The molecule has 0 radical (unpaired) electrons. The molecule has 0 aliphatic carbocycles. The van der Waals surface area contributed by atoms with E-state index in [0.717, 1.165) is 12.1 Å². The minimum Gasteiger partial charge on any atom is -0.477 e. The fourth-order valence-corrected chi connectivity index (χ4v) is 1.43. The summed E-state index contributed by atoms with van der Waals surface area (Å²) in [7, 11) is 0. The lowest BCUT2D eigenvalue weighted by Crippen LogP contribution is -2.10. The Morgan fingerprint density at radius 3 is 2.56 bits per heavy atom. The van der Waals surface area contributed by atoms with Crippen LogP contribution >= 0.6 is 15.9 Å². The van der Waals surface area contributed by atoms with Gasteiger partial charge in [0.05, 0.1) is 0 Å². The number of carbonyl (C=O) groups is 1. The second kappa shape index (κ2) is 5.20. The Balaban J connectivity index is 3.28. The van der Waals surface area contributed by atoms with E-state index in [1.165, 1.54) is 0 Å². The molecule has 0 amide bonds. The van der Waals surface area contributed by atoms with Gasteiger partial charge in [-0.2, -0.15) is 8.78 Å². The molecule has 1 rings (SSSR count). The van der Waals surface area contributed by atoms with Crippen LogP contribution in [0.4, 0.5) is 13.2 Å². The lowest BCUT2D eigenvalue weighted by Gasteiger charge is -2.10. The molecule has 16 heavy (non-hydrogen) atoms.